The van der Waals surface area contributed by atoms with E-state index in [0.717, 1.165) is 54.7 Å². The molecule has 0 saturated heterocycles. The number of hydrazine groups is 1. The molecule has 2 amide bonds. The molecular formula is C21H28N2O2S. The number of rotatable bonds is 2. The van der Waals surface area contributed by atoms with E-state index in [0.29, 0.717) is 0 Å². The first-order valence-corrected chi connectivity index (χ1v) is 11.2. The number of thiophene rings is 1. The molecule has 1 aromatic rings. The molecule has 4 nitrogen and oxygen atoms in total. The number of fused-ring (bicyclic) bond motifs is 1. The van der Waals surface area contributed by atoms with Gasteiger partial charge < -0.3 is 0 Å². The summed E-state index contributed by atoms with van der Waals surface area (Å²) in [6.45, 7) is 0. The summed E-state index contributed by atoms with van der Waals surface area (Å²) >= 11 is 1.60. The first kappa shape index (κ1) is 16.8. The van der Waals surface area contributed by atoms with Gasteiger partial charge in [-0.2, -0.15) is 0 Å². The minimum absolute atomic E-state index is 0.0584. The van der Waals surface area contributed by atoms with Gasteiger partial charge in [-0.05, 0) is 93.6 Å². The van der Waals surface area contributed by atoms with Crippen LogP contribution in [0.2, 0.25) is 0 Å². The van der Waals surface area contributed by atoms with Gasteiger partial charge in [0.1, 0.15) is 0 Å². The summed E-state index contributed by atoms with van der Waals surface area (Å²) < 4.78 is 0. The van der Waals surface area contributed by atoms with Crippen LogP contribution in [0.1, 0.15) is 77.9 Å². The van der Waals surface area contributed by atoms with Gasteiger partial charge in [-0.3, -0.25) is 20.4 Å². The molecule has 5 aliphatic carbocycles. The lowest BCUT2D eigenvalue weighted by molar-refractivity contribution is -0.147. The first-order valence-electron chi connectivity index (χ1n) is 10.3. The van der Waals surface area contributed by atoms with Crippen molar-refractivity contribution < 1.29 is 9.59 Å². The second-order valence-corrected chi connectivity index (χ2v) is 10.4. The first-order chi connectivity index (χ1) is 12.6. The molecule has 4 fully saturated rings. The molecular weight excluding hydrogens is 344 g/mol. The number of carbonyl (C=O) groups excluding carboxylic acids is 2. The Morgan fingerprint density at radius 3 is 2.27 bits per heavy atom. The Kier molecular flexibility index (Phi) is 4.11. The summed E-state index contributed by atoms with van der Waals surface area (Å²) in [5, 5.41) is 0. The van der Waals surface area contributed by atoms with Crippen LogP contribution in [-0.2, 0) is 17.6 Å². The van der Waals surface area contributed by atoms with Crippen LogP contribution < -0.4 is 10.9 Å². The highest BCUT2D eigenvalue weighted by molar-refractivity contribution is 7.14. The Hall–Kier alpha value is -1.36. The van der Waals surface area contributed by atoms with Crippen LogP contribution >= 0.6 is 11.3 Å². The van der Waals surface area contributed by atoms with E-state index in [-0.39, 0.29) is 17.2 Å². The lowest BCUT2D eigenvalue weighted by Crippen LogP contribution is -2.56. The highest BCUT2D eigenvalue weighted by atomic mass is 32.1. The van der Waals surface area contributed by atoms with Crippen molar-refractivity contribution in [2.45, 2.75) is 70.6 Å². The van der Waals surface area contributed by atoms with Crippen LogP contribution in [0.4, 0.5) is 0 Å². The molecule has 0 atom stereocenters. The molecule has 0 aliphatic heterocycles. The van der Waals surface area contributed by atoms with E-state index in [1.165, 1.54) is 49.0 Å². The topological polar surface area (TPSA) is 58.2 Å². The van der Waals surface area contributed by atoms with Gasteiger partial charge in [-0.15, -0.1) is 11.3 Å². The largest absolute Gasteiger partial charge is 0.279 e. The van der Waals surface area contributed by atoms with Crippen LogP contribution in [0.15, 0.2) is 6.07 Å². The van der Waals surface area contributed by atoms with E-state index < -0.39 is 0 Å². The van der Waals surface area contributed by atoms with Gasteiger partial charge in [-0.25, -0.2) is 0 Å². The predicted molar refractivity (Wildman–Crippen MR) is 102 cm³/mol. The zero-order valence-electron chi connectivity index (χ0n) is 15.3. The van der Waals surface area contributed by atoms with Crippen LogP contribution in [0.25, 0.3) is 0 Å². The molecule has 1 aromatic heterocycles. The van der Waals surface area contributed by atoms with Crippen LogP contribution in [0, 0.1) is 23.2 Å². The molecule has 5 heteroatoms. The maximum atomic E-state index is 12.9. The van der Waals surface area contributed by atoms with Crippen molar-refractivity contribution in [1.29, 1.82) is 0 Å². The van der Waals surface area contributed by atoms with E-state index in [1.54, 1.807) is 11.3 Å². The Morgan fingerprint density at radius 1 is 0.923 bits per heavy atom. The smallest absolute Gasteiger partial charge is 0.273 e. The fourth-order valence-electron chi connectivity index (χ4n) is 6.48. The van der Waals surface area contributed by atoms with Gasteiger partial charge in [0.2, 0.25) is 5.91 Å². The minimum atomic E-state index is -0.214. The zero-order valence-corrected chi connectivity index (χ0v) is 16.1. The fraction of sp³-hybridized carbons (Fsp3) is 0.714. The molecule has 6 rings (SSSR count). The Balaban J connectivity index is 1.24. The van der Waals surface area contributed by atoms with Crippen molar-refractivity contribution in [2.75, 3.05) is 0 Å². The highest BCUT2D eigenvalue weighted by Gasteiger charge is 2.54. The van der Waals surface area contributed by atoms with Crippen molar-refractivity contribution >= 4 is 23.2 Å². The summed E-state index contributed by atoms with van der Waals surface area (Å²) in [5.41, 5.74) is 6.64. The number of aryl methyl sites for hydroxylation is 2. The number of nitrogens with one attached hydrogen (secondary N) is 2. The SMILES string of the molecule is O=C(NNC(=O)C12CC3CC(CC(C3)C1)C2)c1cc2c(s1)CCCCC2. The summed E-state index contributed by atoms with van der Waals surface area (Å²) in [5.74, 6) is 2.10. The molecule has 4 saturated carbocycles. The van der Waals surface area contributed by atoms with E-state index in [2.05, 4.69) is 10.9 Å². The average Bonchev–Trinajstić information content (AvgIpc) is 2.89. The van der Waals surface area contributed by atoms with Gasteiger partial charge in [0, 0.05) is 4.88 Å². The van der Waals surface area contributed by atoms with Gasteiger partial charge in [0.15, 0.2) is 0 Å². The number of hydrogen-bond donors (Lipinski definition) is 2. The molecule has 0 spiro atoms. The van der Waals surface area contributed by atoms with Crippen LogP contribution in [0.3, 0.4) is 0 Å². The normalized spacial score (nSPS) is 34.8. The Bertz CT molecular complexity index is 680. The number of hydrogen-bond acceptors (Lipinski definition) is 3. The summed E-state index contributed by atoms with van der Waals surface area (Å²) in [6, 6.07) is 2.04. The molecule has 26 heavy (non-hydrogen) atoms. The van der Waals surface area contributed by atoms with E-state index in [4.69, 9.17) is 0 Å². The molecule has 5 aliphatic rings. The monoisotopic (exact) mass is 372 g/mol. The van der Waals surface area contributed by atoms with Gasteiger partial charge in [0.05, 0.1) is 10.3 Å². The fourth-order valence-corrected chi connectivity index (χ4v) is 7.62. The molecule has 1 heterocycles. The lowest BCUT2D eigenvalue weighted by Gasteiger charge is -2.55. The predicted octanol–water partition coefficient (Wildman–Crippen LogP) is 3.99. The average molecular weight is 373 g/mol. The second kappa shape index (κ2) is 6.36. The van der Waals surface area contributed by atoms with E-state index >= 15 is 0 Å². The van der Waals surface area contributed by atoms with Gasteiger partial charge in [-0.1, -0.05) is 6.42 Å². The van der Waals surface area contributed by atoms with Gasteiger partial charge >= 0.3 is 0 Å². The van der Waals surface area contributed by atoms with Crippen molar-refractivity contribution in [3.8, 4) is 0 Å². The summed E-state index contributed by atoms with van der Waals surface area (Å²) in [4.78, 5) is 27.6. The summed E-state index contributed by atoms with van der Waals surface area (Å²) in [7, 11) is 0. The number of amides is 2. The molecule has 0 aromatic carbocycles. The third-order valence-electron chi connectivity index (χ3n) is 7.28. The zero-order chi connectivity index (χ0) is 17.7. The Labute approximate surface area is 159 Å². The van der Waals surface area contributed by atoms with Gasteiger partial charge in [0.25, 0.3) is 5.91 Å². The molecule has 0 unspecified atom stereocenters. The van der Waals surface area contributed by atoms with Crippen LogP contribution in [-0.4, -0.2) is 11.8 Å². The second-order valence-electron chi connectivity index (χ2n) is 9.23. The van der Waals surface area contributed by atoms with Crippen molar-refractivity contribution in [1.82, 2.24) is 10.9 Å². The summed E-state index contributed by atoms with van der Waals surface area (Å²) in [6.07, 6.45) is 12.9. The Morgan fingerprint density at radius 2 is 1.58 bits per heavy atom. The molecule has 140 valence electrons. The standard InChI is InChI=1S/C21H28N2O2S/c24-19(18-9-16-4-2-1-3-5-17(16)26-18)22-23-20(25)21-10-13-6-14(11-21)8-15(7-13)12-21/h9,13-15H,1-8,10-12H2,(H,22,24)(H,23,25). The molecule has 2 N–H and O–H groups in total. The minimum Gasteiger partial charge on any atom is -0.273 e. The third kappa shape index (κ3) is 2.88. The quantitative estimate of drug-likeness (QED) is 0.609. The maximum Gasteiger partial charge on any atom is 0.279 e. The molecule has 4 bridgehead atoms. The van der Waals surface area contributed by atoms with Crippen LogP contribution in [0.5, 0.6) is 0 Å². The highest BCUT2D eigenvalue weighted by Crippen LogP contribution is 2.60. The third-order valence-corrected chi connectivity index (χ3v) is 8.52. The molecule has 0 radical (unpaired) electrons. The maximum absolute atomic E-state index is 12.9. The number of carbonyl (C=O) groups is 2. The van der Waals surface area contributed by atoms with E-state index in [9.17, 15) is 9.59 Å². The van der Waals surface area contributed by atoms with Crippen molar-refractivity contribution in [3.63, 3.8) is 0 Å². The van der Waals surface area contributed by atoms with E-state index in [1.807, 2.05) is 6.07 Å². The lowest BCUT2D eigenvalue weighted by atomic mass is 9.49. The van der Waals surface area contributed by atoms with Crippen molar-refractivity contribution in [3.05, 3.63) is 21.4 Å². The van der Waals surface area contributed by atoms with Crippen molar-refractivity contribution in [2.24, 2.45) is 23.2 Å².